The Kier molecular flexibility index (Phi) is 5.88. The van der Waals surface area contributed by atoms with Crippen LogP contribution in [0.5, 0.6) is 0 Å². The lowest BCUT2D eigenvalue weighted by Crippen LogP contribution is -1.98. The highest BCUT2D eigenvalue weighted by atomic mass is 35.5. The van der Waals surface area contributed by atoms with Gasteiger partial charge in [0, 0.05) is 38.6 Å². The molecule has 30 heavy (non-hydrogen) atoms. The summed E-state index contributed by atoms with van der Waals surface area (Å²) in [5.74, 6) is -0.928. The molecule has 2 aromatic heterocycles. The molecule has 154 valence electrons. The van der Waals surface area contributed by atoms with Crippen molar-refractivity contribution in [1.29, 1.82) is 0 Å². The van der Waals surface area contributed by atoms with Gasteiger partial charge in [0.2, 0.25) is 0 Å². The number of aromatic carboxylic acids is 1. The van der Waals surface area contributed by atoms with E-state index >= 15 is 0 Å². The molecule has 0 atom stereocenters. The Morgan fingerprint density at radius 3 is 2.83 bits per heavy atom. The van der Waals surface area contributed by atoms with Crippen molar-refractivity contribution in [2.24, 2.45) is 0 Å². The lowest BCUT2D eigenvalue weighted by Gasteiger charge is -2.06. The van der Waals surface area contributed by atoms with Gasteiger partial charge in [-0.2, -0.15) is 5.10 Å². The van der Waals surface area contributed by atoms with Gasteiger partial charge in [0.25, 0.3) is 0 Å². The van der Waals surface area contributed by atoms with Crippen LogP contribution in [-0.4, -0.2) is 25.4 Å². The van der Waals surface area contributed by atoms with Gasteiger partial charge < -0.3 is 9.67 Å². The highest BCUT2D eigenvalue weighted by Gasteiger charge is 2.18. The topological polar surface area (TPSA) is 60.0 Å². The summed E-state index contributed by atoms with van der Waals surface area (Å²) in [5.41, 5.74) is 3.34. The number of rotatable bonds is 7. The summed E-state index contributed by atoms with van der Waals surface area (Å²) in [6, 6.07) is 12.9. The molecule has 0 fully saturated rings. The zero-order valence-electron chi connectivity index (χ0n) is 16.8. The van der Waals surface area contributed by atoms with Crippen LogP contribution in [0.2, 0.25) is 5.02 Å². The molecular formula is C23H22ClN3O2S. The number of carboxylic acids is 1. The van der Waals surface area contributed by atoms with E-state index in [-0.39, 0.29) is 5.56 Å². The lowest BCUT2D eigenvalue weighted by atomic mass is 10.2. The van der Waals surface area contributed by atoms with Crippen molar-refractivity contribution in [2.45, 2.75) is 43.0 Å². The van der Waals surface area contributed by atoms with Gasteiger partial charge in [-0.3, -0.25) is 4.68 Å². The quantitative estimate of drug-likeness (QED) is 0.360. The summed E-state index contributed by atoms with van der Waals surface area (Å²) < 4.78 is 4.14. The van der Waals surface area contributed by atoms with Gasteiger partial charge in [0.15, 0.2) is 0 Å². The molecule has 0 radical (unpaired) electrons. The Morgan fingerprint density at radius 1 is 1.23 bits per heavy atom. The van der Waals surface area contributed by atoms with Gasteiger partial charge in [0.1, 0.15) is 0 Å². The maximum absolute atomic E-state index is 11.4. The number of halogens is 1. The van der Waals surface area contributed by atoms with Crippen LogP contribution >= 0.6 is 23.4 Å². The van der Waals surface area contributed by atoms with E-state index in [4.69, 9.17) is 11.6 Å². The fourth-order valence-electron chi connectivity index (χ4n) is 3.54. The zero-order chi connectivity index (χ0) is 21.3. The first-order valence-corrected chi connectivity index (χ1v) is 11.0. The molecule has 5 nitrogen and oxygen atoms in total. The number of unbranched alkanes of at least 4 members (excludes halogenated alkanes) is 1. The summed E-state index contributed by atoms with van der Waals surface area (Å²) in [6.07, 6.45) is 6.14. The van der Waals surface area contributed by atoms with Crippen LogP contribution in [0.15, 0.2) is 64.6 Å². The number of carbonyl (C=O) groups is 1. The molecule has 0 saturated carbocycles. The second-order valence-electron chi connectivity index (χ2n) is 7.16. The van der Waals surface area contributed by atoms with E-state index in [1.54, 1.807) is 30.0 Å². The molecule has 0 saturated heterocycles. The van der Waals surface area contributed by atoms with Crippen LogP contribution in [0.25, 0.3) is 16.6 Å². The van der Waals surface area contributed by atoms with E-state index < -0.39 is 5.97 Å². The van der Waals surface area contributed by atoms with Crippen molar-refractivity contribution >= 4 is 40.2 Å². The van der Waals surface area contributed by atoms with Crippen LogP contribution in [0.1, 0.15) is 35.8 Å². The average molecular weight is 440 g/mol. The number of carboxylic acid groups (broad SMARTS) is 1. The lowest BCUT2D eigenvalue weighted by molar-refractivity contribution is 0.0696. The van der Waals surface area contributed by atoms with Crippen molar-refractivity contribution in [3.63, 3.8) is 0 Å². The van der Waals surface area contributed by atoms with Crippen molar-refractivity contribution in [1.82, 2.24) is 14.3 Å². The highest BCUT2D eigenvalue weighted by molar-refractivity contribution is 7.99. The SMILES string of the molecule is CCCCn1cc(-n2c(C)c(Sc3cccc(C(=O)O)c3)c3ccc(Cl)cc32)cn1. The normalized spacial score (nSPS) is 11.3. The molecule has 4 rings (SSSR count). The third-order valence-electron chi connectivity index (χ3n) is 5.03. The van der Waals surface area contributed by atoms with E-state index in [2.05, 4.69) is 29.7 Å². The Morgan fingerprint density at radius 2 is 2.07 bits per heavy atom. The minimum absolute atomic E-state index is 0.279. The Bertz CT molecular complexity index is 1230. The van der Waals surface area contributed by atoms with Crippen LogP contribution in [-0.2, 0) is 6.54 Å². The highest BCUT2D eigenvalue weighted by Crippen LogP contribution is 2.40. The van der Waals surface area contributed by atoms with Crippen LogP contribution in [0.3, 0.4) is 0 Å². The molecule has 4 aromatic rings. The van der Waals surface area contributed by atoms with Gasteiger partial charge in [-0.1, -0.05) is 48.8 Å². The van der Waals surface area contributed by atoms with Crippen LogP contribution in [0, 0.1) is 6.92 Å². The van der Waals surface area contributed by atoms with Gasteiger partial charge >= 0.3 is 5.97 Å². The van der Waals surface area contributed by atoms with E-state index in [1.807, 2.05) is 35.1 Å². The van der Waals surface area contributed by atoms with Crippen molar-refractivity contribution < 1.29 is 9.90 Å². The molecule has 7 heteroatoms. The van der Waals surface area contributed by atoms with Crippen LogP contribution < -0.4 is 0 Å². The predicted molar refractivity (Wildman–Crippen MR) is 121 cm³/mol. The summed E-state index contributed by atoms with van der Waals surface area (Å²) in [5, 5.41) is 15.6. The zero-order valence-corrected chi connectivity index (χ0v) is 18.4. The van der Waals surface area contributed by atoms with E-state index in [0.717, 1.165) is 51.5 Å². The summed E-state index contributed by atoms with van der Waals surface area (Å²) in [6.45, 7) is 5.12. The van der Waals surface area contributed by atoms with Gasteiger partial charge in [-0.25, -0.2) is 4.79 Å². The van der Waals surface area contributed by atoms with E-state index in [9.17, 15) is 9.90 Å². The molecule has 2 heterocycles. The maximum atomic E-state index is 11.4. The fourth-order valence-corrected chi connectivity index (χ4v) is 4.80. The predicted octanol–water partition coefficient (Wildman–Crippen LogP) is 6.44. The molecular weight excluding hydrogens is 418 g/mol. The second-order valence-corrected chi connectivity index (χ2v) is 8.68. The monoisotopic (exact) mass is 439 g/mol. The minimum atomic E-state index is -0.928. The number of aromatic nitrogens is 3. The summed E-state index contributed by atoms with van der Waals surface area (Å²) >= 11 is 7.89. The van der Waals surface area contributed by atoms with Crippen LogP contribution in [0.4, 0.5) is 0 Å². The maximum Gasteiger partial charge on any atom is 0.335 e. The Hall–Kier alpha value is -2.70. The summed E-state index contributed by atoms with van der Waals surface area (Å²) in [7, 11) is 0. The van der Waals surface area contributed by atoms with Gasteiger partial charge in [0.05, 0.1) is 23.0 Å². The summed E-state index contributed by atoms with van der Waals surface area (Å²) in [4.78, 5) is 13.3. The van der Waals surface area contributed by atoms with Gasteiger partial charge in [-0.15, -0.1) is 0 Å². The number of nitrogens with zero attached hydrogens (tertiary/aromatic N) is 3. The Labute approximate surface area is 184 Å². The van der Waals surface area contributed by atoms with Crippen molar-refractivity contribution in [3.05, 3.63) is 71.1 Å². The number of benzene rings is 2. The largest absolute Gasteiger partial charge is 0.478 e. The van der Waals surface area contributed by atoms with E-state index in [1.165, 1.54) is 0 Å². The molecule has 0 bridgehead atoms. The second kappa shape index (κ2) is 8.58. The first-order valence-electron chi connectivity index (χ1n) is 9.82. The molecule has 0 aliphatic carbocycles. The Balaban J connectivity index is 1.81. The number of hydrogen-bond acceptors (Lipinski definition) is 3. The number of hydrogen-bond donors (Lipinski definition) is 1. The van der Waals surface area contributed by atoms with E-state index in [0.29, 0.717) is 5.02 Å². The molecule has 2 aromatic carbocycles. The third-order valence-corrected chi connectivity index (χ3v) is 6.47. The fraction of sp³-hybridized carbons (Fsp3) is 0.217. The third kappa shape index (κ3) is 3.98. The minimum Gasteiger partial charge on any atom is -0.478 e. The molecule has 0 aliphatic rings. The van der Waals surface area contributed by atoms with Gasteiger partial charge in [-0.05, 0) is 43.7 Å². The smallest absolute Gasteiger partial charge is 0.335 e. The number of aryl methyl sites for hydroxylation is 1. The van der Waals surface area contributed by atoms with Crippen molar-refractivity contribution in [3.8, 4) is 5.69 Å². The van der Waals surface area contributed by atoms with Crippen molar-refractivity contribution in [2.75, 3.05) is 0 Å². The molecule has 0 unspecified atom stereocenters. The molecule has 1 N–H and O–H groups in total. The first-order chi connectivity index (χ1) is 14.5. The number of fused-ring (bicyclic) bond motifs is 1. The molecule has 0 amide bonds. The molecule has 0 spiro atoms. The standard InChI is InChI=1S/C23H22ClN3O2S/c1-3-4-10-26-14-18(13-25-26)27-15(2)22(20-9-8-17(24)12-21(20)27)30-19-7-5-6-16(11-19)23(28)29/h5-9,11-14H,3-4,10H2,1-2H3,(H,28,29). The average Bonchev–Trinajstić information content (AvgIpc) is 3.29. The first kappa shape index (κ1) is 20.6. The molecule has 0 aliphatic heterocycles.